The Kier molecular flexibility index (Phi) is 2.30. The molecule has 0 saturated heterocycles. The summed E-state index contributed by atoms with van der Waals surface area (Å²) in [6.45, 7) is 0. The second kappa shape index (κ2) is 3.77. The Bertz CT molecular complexity index is 483. The van der Waals surface area contributed by atoms with E-state index in [0.717, 1.165) is 11.2 Å². The highest BCUT2D eigenvalue weighted by Gasteiger charge is 1.94. The third kappa shape index (κ3) is 1.65. The summed E-state index contributed by atoms with van der Waals surface area (Å²) in [7, 11) is 0. The fourth-order valence-electron chi connectivity index (χ4n) is 1.38. The Morgan fingerprint density at radius 2 is 2.14 bits per heavy atom. The van der Waals surface area contributed by atoms with Crippen LogP contribution >= 0.6 is 0 Å². The van der Waals surface area contributed by atoms with Crippen molar-refractivity contribution in [2.75, 3.05) is 0 Å². The topological polar surface area (TPSA) is 32.9 Å². The highest BCUT2D eigenvalue weighted by atomic mass is 16.1. The van der Waals surface area contributed by atoms with E-state index in [1.807, 2.05) is 36.4 Å². The van der Waals surface area contributed by atoms with Crippen LogP contribution in [0.25, 0.3) is 17.0 Å². The molecule has 14 heavy (non-hydrogen) atoms. The number of H-pyrrole nitrogens is 1. The number of aromatic nitrogens is 1. The third-order valence-corrected chi connectivity index (χ3v) is 1.99. The third-order valence-electron chi connectivity index (χ3n) is 1.99. The summed E-state index contributed by atoms with van der Waals surface area (Å²) >= 11 is 0. The molecule has 0 bridgehead atoms. The van der Waals surface area contributed by atoms with E-state index in [0.29, 0.717) is 0 Å². The number of hydrogen-bond donors (Lipinski definition) is 1. The number of carbonyl (C=O) groups excluding carboxylic acids is 1. The molecule has 68 valence electrons. The van der Waals surface area contributed by atoms with Crippen molar-refractivity contribution in [2.45, 2.75) is 0 Å². The molecule has 0 spiro atoms. The standard InChI is InChI=1S/C12H9NO/c14-8-4-3-6-11-9-10-5-1-2-7-12(10)13-11/h1-7,9,13H/b6-3-. The number of para-hydroxylation sites is 1. The normalized spacial score (nSPS) is 10.6. The van der Waals surface area contributed by atoms with Gasteiger partial charge in [0.15, 0.2) is 0 Å². The zero-order valence-corrected chi connectivity index (χ0v) is 7.53. The van der Waals surface area contributed by atoms with E-state index in [-0.39, 0.29) is 0 Å². The van der Waals surface area contributed by atoms with Gasteiger partial charge in [0.2, 0.25) is 0 Å². The van der Waals surface area contributed by atoms with Gasteiger partial charge >= 0.3 is 0 Å². The molecule has 2 nitrogen and oxygen atoms in total. The molecule has 0 unspecified atom stereocenters. The van der Waals surface area contributed by atoms with E-state index in [2.05, 4.69) is 4.98 Å². The monoisotopic (exact) mass is 183 g/mol. The zero-order chi connectivity index (χ0) is 9.80. The van der Waals surface area contributed by atoms with Gasteiger partial charge in [-0.15, -0.1) is 0 Å². The van der Waals surface area contributed by atoms with Crippen LogP contribution in [0.3, 0.4) is 0 Å². The number of nitrogens with one attached hydrogen (secondary N) is 1. The lowest BCUT2D eigenvalue weighted by atomic mass is 10.2. The van der Waals surface area contributed by atoms with Crippen molar-refractivity contribution < 1.29 is 4.79 Å². The fraction of sp³-hybridized carbons (Fsp3) is 0. The molecular weight excluding hydrogens is 174 g/mol. The second-order valence-electron chi connectivity index (χ2n) is 2.96. The van der Waals surface area contributed by atoms with Crippen molar-refractivity contribution in [2.24, 2.45) is 0 Å². The van der Waals surface area contributed by atoms with Crippen LogP contribution in [0.5, 0.6) is 0 Å². The highest BCUT2D eigenvalue weighted by molar-refractivity contribution is 5.82. The average molecular weight is 183 g/mol. The number of allylic oxidation sites excluding steroid dienone is 2. The summed E-state index contributed by atoms with van der Waals surface area (Å²) in [5.74, 6) is 1.70. The minimum atomic E-state index is 0.984. The van der Waals surface area contributed by atoms with Gasteiger partial charge in [0, 0.05) is 17.3 Å². The molecule has 0 amide bonds. The van der Waals surface area contributed by atoms with Crippen LogP contribution in [-0.4, -0.2) is 10.9 Å². The van der Waals surface area contributed by atoms with Gasteiger partial charge in [0.1, 0.15) is 5.94 Å². The van der Waals surface area contributed by atoms with Crippen LogP contribution in [-0.2, 0) is 4.79 Å². The van der Waals surface area contributed by atoms with Crippen molar-refractivity contribution in [3.8, 4) is 0 Å². The SMILES string of the molecule is O=C=C/C=C\c1cc2ccccc2[nH]1. The van der Waals surface area contributed by atoms with Crippen LogP contribution in [0.2, 0.25) is 0 Å². The molecule has 0 aliphatic rings. The van der Waals surface area contributed by atoms with Crippen LogP contribution in [0.4, 0.5) is 0 Å². The van der Waals surface area contributed by atoms with E-state index >= 15 is 0 Å². The first-order valence-corrected chi connectivity index (χ1v) is 4.35. The minimum absolute atomic E-state index is 0.984. The lowest BCUT2D eigenvalue weighted by Crippen LogP contribution is -1.67. The zero-order valence-electron chi connectivity index (χ0n) is 7.53. The molecule has 0 saturated carbocycles. The van der Waals surface area contributed by atoms with E-state index in [1.54, 1.807) is 12.0 Å². The average Bonchev–Trinajstić information content (AvgIpc) is 2.60. The quantitative estimate of drug-likeness (QED) is 0.563. The Hall–Kier alpha value is -2.05. The van der Waals surface area contributed by atoms with Gasteiger partial charge in [-0.05, 0) is 29.7 Å². The summed E-state index contributed by atoms with van der Waals surface area (Å²) in [6, 6.07) is 10.1. The van der Waals surface area contributed by atoms with Gasteiger partial charge in [0.25, 0.3) is 0 Å². The predicted molar refractivity (Wildman–Crippen MR) is 57.6 cm³/mol. The molecule has 0 radical (unpaired) electrons. The van der Waals surface area contributed by atoms with Crippen LogP contribution in [0, 0.1) is 0 Å². The van der Waals surface area contributed by atoms with Crippen molar-refractivity contribution in [1.29, 1.82) is 0 Å². The van der Waals surface area contributed by atoms with Crippen molar-refractivity contribution in [3.63, 3.8) is 0 Å². The minimum Gasteiger partial charge on any atom is -0.355 e. The number of fused-ring (bicyclic) bond motifs is 1. The lowest BCUT2D eigenvalue weighted by Gasteiger charge is -1.84. The maximum atomic E-state index is 9.93. The molecule has 0 atom stereocenters. The maximum Gasteiger partial charge on any atom is 0.124 e. The van der Waals surface area contributed by atoms with Gasteiger partial charge in [-0.1, -0.05) is 18.2 Å². The predicted octanol–water partition coefficient (Wildman–Crippen LogP) is 2.57. The second-order valence-corrected chi connectivity index (χ2v) is 2.96. The van der Waals surface area contributed by atoms with Crippen molar-refractivity contribution >= 4 is 22.9 Å². The highest BCUT2D eigenvalue weighted by Crippen LogP contribution is 2.15. The molecule has 2 rings (SSSR count). The van der Waals surface area contributed by atoms with Crippen LogP contribution in [0.15, 0.2) is 42.5 Å². The molecule has 0 aliphatic carbocycles. The number of aromatic amines is 1. The fourth-order valence-corrected chi connectivity index (χ4v) is 1.38. The maximum absolute atomic E-state index is 9.93. The van der Waals surface area contributed by atoms with Crippen molar-refractivity contribution in [1.82, 2.24) is 4.98 Å². The molecule has 0 aliphatic heterocycles. The number of hydrogen-bond acceptors (Lipinski definition) is 1. The number of rotatable bonds is 2. The molecule has 2 heteroatoms. The van der Waals surface area contributed by atoms with Crippen LogP contribution in [0.1, 0.15) is 5.69 Å². The molecule has 0 fully saturated rings. The lowest BCUT2D eigenvalue weighted by molar-refractivity contribution is 0.569. The van der Waals surface area contributed by atoms with E-state index < -0.39 is 0 Å². The molecular formula is C12H9NO. The molecule has 1 heterocycles. The smallest absolute Gasteiger partial charge is 0.124 e. The summed E-state index contributed by atoms with van der Waals surface area (Å²) in [5, 5.41) is 1.17. The Morgan fingerprint density at radius 1 is 1.29 bits per heavy atom. The van der Waals surface area contributed by atoms with Gasteiger partial charge in [-0.3, -0.25) is 0 Å². The van der Waals surface area contributed by atoms with Crippen LogP contribution < -0.4 is 0 Å². The molecule has 1 aromatic heterocycles. The molecule has 1 aromatic carbocycles. The van der Waals surface area contributed by atoms with Gasteiger partial charge in [0.05, 0.1) is 0 Å². The number of benzene rings is 1. The van der Waals surface area contributed by atoms with Gasteiger partial charge < -0.3 is 4.98 Å². The first-order chi connectivity index (χ1) is 6.90. The summed E-state index contributed by atoms with van der Waals surface area (Å²) < 4.78 is 0. The summed E-state index contributed by atoms with van der Waals surface area (Å²) in [4.78, 5) is 13.1. The summed E-state index contributed by atoms with van der Waals surface area (Å²) in [5.41, 5.74) is 2.08. The van der Waals surface area contributed by atoms with Crippen molar-refractivity contribution in [3.05, 3.63) is 48.2 Å². The first-order valence-electron chi connectivity index (χ1n) is 4.35. The first kappa shape index (κ1) is 8.54. The van der Waals surface area contributed by atoms with E-state index in [9.17, 15) is 4.79 Å². The largest absolute Gasteiger partial charge is 0.355 e. The van der Waals surface area contributed by atoms with Gasteiger partial charge in [-0.2, -0.15) is 0 Å². The summed E-state index contributed by atoms with van der Waals surface area (Å²) in [6.07, 6.45) is 4.84. The molecule has 1 N–H and O–H groups in total. The Labute approximate surface area is 81.6 Å². The van der Waals surface area contributed by atoms with E-state index in [4.69, 9.17) is 0 Å². The Balaban J connectivity index is 2.40. The van der Waals surface area contributed by atoms with Gasteiger partial charge in [-0.25, -0.2) is 4.79 Å². The molecule has 2 aromatic rings. The Morgan fingerprint density at radius 3 is 2.93 bits per heavy atom. The van der Waals surface area contributed by atoms with E-state index in [1.165, 1.54) is 11.5 Å².